The van der Waals surface area contributed by atoms with Crippen LogP contribution < -0.4 is 0 Å². The van der Waals surface area contributed by atoms with Crippen molar-refractivity contribution in [3.63, 3.8) is 0 Å². The third-order valence-corrected chi connectivity index (χ3v) is 5.00. The topological polar surface area (TPSA) is 69.3 Å². The number of H-pyrrole nitrogens is 1. The molecular formula is C17H26N4O2. The number of rotatable bonds is 4. The van der Waals surface area contributed by atoms with Crippen LogP contribution in [-0.2, 0) is 9.59 Å². The van der Waals surface area contributed by atoms with Crippen LogP contribution in [0.25, 0.3) is 0 Å². The average molecular weight is 318 g/mol. The van der Waals surface area contributed by atoms with Gasteiger partial charge in [-0.1, -0.05) is 6.42 Å². The fraction of sp³-hybridized carbons (Fsp3) is 0.706. The highest BCUT2D eigenvalue weighted by atomic mass is 16.2. The molecule has 0 radical (unpaired) electrons. The third kappa shape index (κ3) is 4.12. The summed E-state index contributed by atoms with van der Waals surface area (Å²) in [6.45, 7) is 2.97. The summed E-state index contributed by atoms with van der Waals surface area (Å²) in [6.07, 6.45) is 8.14. The van der Waals surface area contributed by atoms with Gasteiger partial charge in [0.15, 0.2) is 0 Å². The van der Waals surface area contributed by atoms with Gasteiger partial charge in [-0.3, -0.25) is 14.7 Å². The number of piperidine rings is 1. The Morgan fingerprint density at radius 1 is 1.26 bits per heavy atom. The van der Waals surface area contributed by atoms with Gasteiger partial charge in [-0.15, -0.1) is 0 Å². The fourth-order valence-corrected chi connectivity index (χ4v) is 3.62. The Balaban J connectivity index is 1.50. The first-order valence-electron chi connectivity index (χ1n) is 8.79. The molecule has 0 aromatic carbocycles. The summed E-state index contributed by atoms with van der Waals surface area (Å²) in [6, 6.07) is 1.99. The summed E-state index contributed by atoms with van der Waals surface area (Å²) >= 11 is 0. The molecule has 1 aromatic rings. The van der Waals surface area contributed by atoms with E-state index in [1.165, 1.54) is 0 Å². The Kier molecular flexibility index (Phi) is 5.31. The van der Waals surface area contributed by atoms with Crippen molar-refractivity contribution < 1.29 is 9.59 Å². The molecule has 6 heteroatoms. The zero-order valence-corrected chi connectivity index (χ0v) is 13.7. The molecule has 2 amide bonds. The molecule has 126 valence electrons. The van der Waals surface area contributed by atoms with Crippen molar-refractivity contribution in [3.8, 4) is 0 Å². The molecule has 23 heavy (non-hydrogen) atoms. The van der Waals surface area contributed by atoms with Gasteiger partial charge in [-0.05, 0) is 31.7 Å². The van der Waals surface area contributed by atoms with E-state index in [1.54, 1.807) is 6.20 Å². The molecule has 3 rings (SSSR count). The monoisotopic (exact) mass is 318 g/mol. The molecule has 1 atom stereocenters. The zero-order chi connectivity index (χ0) is 16.1. The van der Waals surface area contributed by atoms with Gasteiger partial charge in [0.1, 0.15) is 0 Å². The number of aromatic amines is 1. The Morgan fingerprint density at radius 2 is 2.17 bits per heavy atom. The molecule has 0 aliphatic carbocycles. The van der Waals surface area contributed by atoms with Crippen LogP contribution in [0.2, 0.25) is 0 Å². The van der Waals surface area contributed by atoms with E-state index in [-0.39, 0.29) is 11.8 Å². The molecule has 1 aromatic heterocycles. The Morgan fingerprint density at radius 3 is 3.00 bits per heavy atom. The van der Waals surface area contributed by atoms with Gasteiger partial charge >= 0.3 is 0 Å². The molecule has 1 N–H and O–H groups in total. The van der Waals surface area contributed by atoms with E-state index in [0.29, 0.717) is 25.3 Å². The lowest BCUT2D eigenvalue weighted by atomic mass is 9.95. The van der Waals surface area contributed by atoms with Crippen LogP contribution in [-0.4, -0.2) is 58.0 Å². The molecule has 0 unspecified atom stereocenters. The first-order chi connectivity index (χ1) is 11.2. The lowest BCUT2D eigenvalue weighted by Crippen LogP contribution is -2.41. The summed E-state index contributed by atoms with van der Waals surface area (Å²) in [5.41, 5.74) is 1.12. The fourth-order valence-electron chi connectivity index (χ4n) is 3.62. The van der Waals surface area contributed by atoms with Crippen molar-refractivity contribution in [2.75, 3.05) is 26.2 Å². The summed E-state index contributed by atoms with van der Waals surface area (Å²) in [4.78, 5) is 28.3. The van der Waals surface area contributed by atoms with Crippen molar-refractivity contribution >= 4 is 11.8 Å². The number of hydrogen-bond donors (Lipinski definition) is 1. The van der Waals surface area contributed by atoms with E-state index in [9.17, 15) is 9.59 Å². The van der Waals surface area contributed by atoms with Crippen LogP contribution in [0.5, 0.6) is 0 Å². The van der Waals surface area contributed by atoms with Crippen LogP contribution >= 0.6 is 0 Å². The molecule has 3 heterocycles. The summed E-state index contributed by atoms with van der Waals surface area (Å²) < 4.78 is 0. The van der Waals surface area contributed by atoms with E-state index in [4.69, 9.17) is 0 Å². The van der Waals surface area contributed by atoms with Gasteiger partial charge in [0.25, 0.3) is 0 Å². The van der Waals surface area contributed by atoms with E-state index in [0.717, 1.165) is 57.4 Å². The minimum Gasteiger partial charge on any atom is -0.342 e. The molecular weight excluding hydrogens is 292 g/mol. The molecule has 2 saturated heterocycles. The maximum atomic E-state index is 12.5. The Labute approximate surface area is 137 Å². The largest absolute Gasteiger partial charge is 0.342 e. The normalized spacial score (nSPS) is 23.0. The van der Waals surface area contributed by atoms with Gasteiger partial charge in [0.2, 0.25) is 11.8 Å². The van der Waals surface area contributed by atoms with Gasteiger partial charge in [-0.25, -0.2) is 0 Å². The van der Waals surface area contributed by atoms with Gasteiger partial charge in [0, 0.05) is 56.8 Å². The maximum Gasteiger partial charge on any atom is 0.224 e. The highest BCUT2D eigenvalue weighted by Crippen LogP contribution is 2.25. The first-order valence-corrected chi connectivity index (χ1v) is 8.79. The number of nitrogens with zero attached hydrogens (tertiary/aromatic N) is 3. The second-order valence-corrected chi connectivity index (χ2v) is 6.63. The number of carbonyl (C=O) groups is 2. The standard InChI is InChI=1S/C17H26N4O2/c22-16-6-2-1-3-10-20(16)12-8-17(23)21-11-4-5-14(13-21)15-7-9-18-19-15/h7,9,14H,1-6,8,10-13H2,(H,18,19)/t14-/m0/s1. The van der Waals surface area contributed by atoms with Gasteiger partial charge < -0.3 is 9.80 Å². The third-order valence-electron chi connectivity index (χ3n) is 5.00. The van der Waals surface area contributed by atoms with Crippen LogP contribution in [0.1, 0.15) is 56.6 Å². The lowest BCUT2D eigenvalue weighted by Gasteiger charge is -2.33. The SMILES string of the molecule is O=C1CCCCCN1CCC(=O)N1CCC[C@H](c2ccn[nH]2)C1. The van der Waals surface area contributed by atoms with Crippen LogP contribution in [0.3, 0.4) is 0 Å². The number of aromatic nitrogens is 2. The van der Waals surface area contributed by atoms with Crippen molar-refractivity contribution in [2.45, 2.75) is 50.9 Å². The van der Waals surface area contributed by atoms with Crippen molar-refractivity contribution in [1.29, 1.82) is 0 Å². The first kappa shape index (κ1) is 16.0. The highest BCUT2D eigenvalue weighted by Gasteiger charge is 2.26. The van der Waals surface area contributed by atoms with E-state index < -0.39 is 0 Å². The maximum absolute atomic E-state index is 12.5. The van der Waals surface area contributed by atoms with Crippen molar-refractivity contribution in [3.05, 3.63) is 18.0 Å². The van der Waals surface area contributed by atoms with Crippen molar-refractivity contribution in [2.24, 2.45) is 0 Å². The predicted molar refractivity (Wildman–Crippen MR) is 86.8 cm³/mol. The number of nitrogens with one attached hydrogen (secondary N) is 1. The van der Waals surface area contributed by atoms with Crippen LogP contribution in [0, 0.1) is 0 Å². The Bertz CT molecular complexity index is 529. The molecule has 0 spiro atoms. The summed E-state index contributed by atoms with van der Waals surface area (Å²) in [5, 5.41) is 7.03. The molecule has 2 aliphatic rings. The van der Waals surface area contributed by atoms with Crippen LogP contribution in [0.4, 0.5) is 0 Å². The average Bonchev–Trinajstić information content (AvgIpc) is 3.04. The highest BCUT2D eigenvalue weighted by molar-refractivity contribution is 5.79. The molecule has 0 bridgehead atoms. The zero-order valence-electron chi connectivity index (χ0n) is 13.7. The smallest absolute Gasteiger partial charge is 0.224 e. The Hall–Kier alpha value is -1.85. The van der Waals surface area contributed by atoms with Gasteiger partial charge in [-0.2, -0.15) is 5.10 Å². The second kappa shape index (κ2) is 7.62. The lowest BCUT2D eigenvalue weighted by molar-refractivity contribution is -0.134. The van der Waals surface area contributed by atoms with Crippen molar-refractivity contribution in [1.82, 2.24) is 20.0 Å². The minimum absolute atomic E-state index is 0.172. The minimum atomic E-state index is 0.172. The van der Waals surface area contributed by atoms with E-state index in [2.05, 4.69) is 10.2 Å². The second-order valence-electron chi connectivity index (χ2n) is 6.63. The van der Waals surface area contributed by atoms with Crippen LogP contribution in [0.15, 0.2) is 12.3 Å². The predicted octanol–water partition coefficient (Wildman–Crippen LogP) is 1.91. The summed E-state index contributed by atoms with van der Waals surface area (Å²) in [5.74, 6) is 0.741. The quantitative estimate of drug-likeness (QED) is 0.922. The number of hydrogen-bond acceptors (Lipinski definition) is 3. The molecule has 2 aliphatic heterocycles. The number of carbonyl (C=O) groups excluding carboxylic acids is 2. The summed E-state index contributed by atoms with van der Waals surface area (Å²) in [7, 11) is 0. The molecule has 2 fully saturated rings. The number of likely N-dealkylation sites (tertiary alicyclic amines) is 2. The molecule has 0 saturated carbocycles. The van der Waals surface area contributed by atoms with E-state index >= 15 is 0 Å². The molecule has 6 nitrogen and oxygen atoms in total. The number of amides is 2. The van der Waals surface area contributed by atoms with Gasteiger partial charge in [0.05, 0.1) is 0 Å². The van der Waals surface area contributed by atoms with E-state index in [1.807, 2.05) is 15.9 Å².